The van der Waals surface area contributed by atoms with Crippen molar-refractivity contribution in [3.05, 3.63) is 88.6 Å². The number of ether oxygens (including phenoxy) is 2. The number of Topliss-reactive ketones (excluding diaryl/α,β-unsaturated/α-hetero) is 1. The molecule has 1 atom stereocenters. The Morgan fingerprint density at radius 2 is 1.84 bits per heavy atom. The van der Waals surface area contributed by atoms with Crippen LogP contribution in [0.4, 0.5) is 0 Å². The summed E-state index contributed by atoms with van der Waals surface area (Å²) in [6.45, 7) is 11.8. The summed E-state index contributed by atoms with van der Waals surface area (Å²) in [5.74, 6) is 0.962. The topological polar surface area (TPSA) is 90.3 Å². The molecule has 1 aliphatic heterocycles. The molecule has 0 spiro atoms. The van der Waals surface area contributed by atoms with E-state index in [2.05, 4.69) is 63.5 Å². The number of nitriles is 1. The van der Waals surface area contributed by atoms with Gasteiger partial charge in [-0.15, -0.1) is 0 Å². The first-order chi connectivity index (χ1) is 18.0. The summed E-state index contributed by atoms with van der Waals surface area (Å²) in [7, 11) is 0. The van der Waals surface area contributed by atoms with Crippen molar-refractivity contribution < 1.29 is 14.3 Å². The predicted molar refractivity (Wildman–Crippen MR) is 148 cm³/mol. The van der Waals surface area contributed by atoms with E-state index in [4.69, 9.17) is 15.2 Å². The molecule has 6 nitrogen and oxygen atoms in total. The van der Waals surface area contributed by atoms with Crippen LogP contribution in [0.1, 0.15) is 64.5 Å². The Balaban J connectivity index is 1.48. The van der Waals surface area contributed by atoms with Gasteiger partial charge in [-0.1, -0.05) is 65.0 Å². The summed E-state index contributed by atoms with van der Waals surface area (Å²) >= 11 is 0. The van der Waals surface area contributed by atoms with Crippen LogP contribution < -0.4 is 10.5 Å². The molecule has 1 aliphatic carbocycles. The van der Waals surface area contributed by atoms with E-state index in [-0.39, 0.29) is 28.1 Å². The summed E-state index contributed by atoms with van der Waals surface area (Å²) in [4.78, 5) is 13.4. The highest BCUT2D eigenvalue weighted by molar-refractivity contribution is 6.01. The smallest absolute Gasteiger partial charge is 0.205 e. The number of carbonyl (C=O) groups excluding carboxylic acids is 1. The molecule has 2 N–H and O–H groups in total. The van der Waals surface area contributed by atoms with Crippen molar-refractivity contribution >= 4 is 16.7 Å². The van der Waals surface area contributed by atoms with E-state index in [1.165, 1.54) is 5.56 Å². The molecule has 0 bridgehead atoms. The second-order valence-electron chi connectivity index (χ2n) is 12.1. The van der Waals surface area contributed by atoms with Gasteiger partial charge in [0.05, 0.1) is 12.5 Å². The summed E-state index contributed by atoms with van der Waals surface area (Å²) in [6, 6.07) is 18.5. The second-order valence-corrected chi connectivity index (χ2v) is 12.1. The van der Waals surface area contributed by atoms with Gasteiger partial charge in [0, 0.05) is 35.5 Å². The molecule has 2 aliphatic rings. The number of ketones is 1. The van der Waals surface area contributed by atoms with Crippen LogP contribution in [0.2, 0.25) is 0 Å². The van der Waals surface area contributed by atoms with Crippen molar-refractivity contribution in [1.29, 1.82) is 5.26 Å². The van der Waals surface area contributed by atoms with Crippen LogP contribution >= 0.6 is 0 Å². The summed E-state index contributed by atoms with van der Waals surface area (Å²) in [5, 5.41) is 11.0. The quantitative estimate of drug-likeness (QED) is 0.426. The zero-order valence-corrected chi connectivity index (χ0v) is 22.8. The Labute approximate surface area is 224 Å². The van der Waals surface area contributed by atoms with Crippen molar-refractivity contribution in [2.75, 3.05) is 6.61 Å². The highest BCUT2D eigenvalue weighted by Crippen LogP contribution is 2.49. The number of para-hydroxylation sites is 1. The number of benzene rings is 2. The zero-order valence-electron chi connectivity index (χ0n) is 22.8. The number of hydrogen-bond acceptors (Lipinski definition) is 5. The van der Waals surface area contributed by atoms with Gasteiger partial charge in [-0.3, -0.25) is 4.79 Å². The summed E-state index contributed by atoms with van der Waals surface area (Å²) < 4.78 is 14.1. The first-order valence-corrected chi connectivity index (χ1v) is 13.1. The molecule has 2 heterocycles. The van der Waals surface area contributed by atoms with Crippen LogP contribution in [0, 0.1) is 16.7 Å². The van der Waals surface area contributed by atoms with Crippen LogP contribution in [0.5, 0.6) is 5.75 Å². The molecule has 0 fully saturated rings. The summed E-state index contributed by atoms with van der Waals surface area (Å²) in [5.41, 5.74) is 10.1. The van der Waals surface area contributed by atoms with Crippen LogP contribution in [-0.2, 0) is 21.5 Å². The molecule has 2 aromatic carbocycles. The van der Waals surface area contributed by atoms with Crippen LogP contribution in [0.25, 0.3) is 10.9 Å². The lowest BCUT2D eigenvalue weighted by Crippen LogP contribution is -2.33. The van der Waals surface area contributed by atoms with Crippen LogP contribution in [0.3, 0.4) is 0 Å². The number of fused-ring (bicyclic) bond motifs is 1. The Kier molecular flexibility index (Phi) is 6.35. The van der Waals surface area contributed by atoms with Crippen molar-refractivity contribution in [1.82, 2.24) is 4.57 Å². The van der Waals surface area contributed by atoms with E-state index in [9.17, 15) is 10.1 Å². The van der Waals surface area contributed by atoms with Gasteiger partial charge in [-0.05, 0) is 40.2 Å². The van der Waals surface area contributed by atoms with Crippen molar-refractivity contribution in [3.8, 4) is 11.8 Å². The van der Waals surface area contributed by atoms with Gasteiger partial charge in [-0.25, -0.2) is 0 Å². The molecule has 3 aromatic rings. The lowest BCUT2D eigenvalue weighted by molar-refractivity contribution is -0.119. The highest BCUT2D eigenvalue weighted by Gasteiger charge is 2.43. The molecule has 0 amide bonds. The number of nitrogens with zero attached hydrogens (tertiary/aromatic N) is 2. The minimum atomic E-state index is -0.552. The Morgan fingerprint density at radius 1 is 1.13 bits per heavy atom. The molecule has 0 radical (unpaired) electrons. The van der Waals surface area contributed by atoms with Gasteiger partial charge in [0.1, 0.15) is 29.8 Å². The maximum absolute atomic E-state index is 13.4. The first kappa shape index (κ1) is 25.7. The van der Waals surface area contributed by atoms with Gasteiger partial charge >= 0.3 is 0 Å². The summed E-state index contributed by atoms with van der Waals surface area (Å²) in [6.07, 6.45) is 3.05. The largest absolute Gasteiger partial charge is 0.492 e. The highest BCUT2D eigenvalue weighted by atomic mass is 16.5. The van der Waals surface area contributed by atoms with E-state index in [1.54, 1.807) is 0 Å². The fraction of sp³-hybridized carbons (Fsp3) is 0.375. The molecule has 1 aromatic heterocycles. The standard InChI is InChI=1S/C32H35N3O3/c1-31(2,3)20-10-12-21(13-11-20)37-15-14-35-19-24(22-8-6-7-9-25(22)35)28-23(18-33)30(34)38-27-17-32(4,5)16-26(36)29(27)28/h6-13,19,28H,14-17,34H2,1-5H3. The van der Waals surface area contributed by atoms with E-state index in [0.717, 1.165) is 22.2 Å². The molecule has 0 saturated heterocycles. The Bertz CT molecular complexity index is 1510. The number of allylic oxidation sites excluding steroid dienone is 3. The molecule has 5 rings (SSSR count). The van der Waals surface area contributed by atoms with Crippen molar-refractivity contribution in [3.63, 3.8) is 0 Å². The molecular formula is C32H35N3O3. The molecule has 6 heteroatoms. The fourth-order valence-corrected chi connectivity index (χ4v) is 5.60. The second kappa shape index (κ2) is 9.40. The van der Waals surface area contributed by atoms with E-state index < -0.39 is 5.92 Å². The average Bonchev–Trinajstić information content (AvgIpc) is 3.20. The fourth-order valence-electron chi connectivity index (χ4n) is 5.60. The van der Waals surface area contributed by atoms with Crippen molar-refractivity contribution in [2.24, 2.45) is 11.1 Å². The SMILES string of the molecule is CC1(C)CC(=O)C2=C(C1)OC(N)=C(C#N)C2c1cn(CCOc2ccc(C(C)(C)C)cc2)c2ccccc12. The third kappa shape index (κ3) is 4.69. The minimum Gasteiger partial charge on any atom is -0.492 e. The number of nitrogens with two attached hydrogens (primary N) is 1. The zero-order chi connectivity index (χ0) is 27.2. The third-order valence-corrected chi connectivity index (χ3v) is 7.53. The van der Waals surface area contributed by atoms with Crippen LogP contribution in [-0.4, -0.2) is 17.0 Å². The lowest BCUT2D eigenvalue weighted by Gasteiger charge is -2.37. The van der Waals surface area contributed by atoms with Crippen LogP contribution in [0.15, 0.2) is 77.5 Å². The molecule has 1 unspecified atom stereocenters. The number of carbonyl (C=O) groups is 1. The molecular weight excluding hydrogens is 474 g/mol. The maximum Gasteiger partial charge on any atom is 0.205 e. The van der Waals surface area contributed by atoms with Gasteiger partial charge in [-0.2, -0.15) is 5.26 Å². The van der Waals surface area contributed by atoms with Crippen molar-refractivity contribution in [2.45, 2.75) is 65.3 Å². The first-order valence-electron chi connectivity index (χ1n) is 13.1. The van der Waals surface area contributed by atoms with Gasteiger partial charge in [0.25, 0.3) is 0 Å². The Morgan fingerprint density at radius 3 is 2.53 bits per heavy atom. The number of aromatic nitrogens is 1. The predicted octanol–water partition coefficient (Wildman–Crippen LogP) is 6.47. The third-order valence-electron chi connectivity index (χ3n) is 7.53. The van der Waals surface area contributed by atoms with E-state index in [0.29, 0.717) is 37.3 Å². The average molecular weight is 510 g/mol. The van der Waals surface area contributed by atoms with Gasteiger partial charge in [0.15, 0.2) is 5.78 Å². The monoisotopic (exact) mass is 509 g/mol. The molecule has 0 saturated carbocycles. The Hall–Kier alpha value is -3.98. The molecule has 38 heavy (non-hydrogen) atoms. The van der Waals surface area contributed by atoms with Gasteiger partial charge < -0.3 is 19.8 Å². The normalized spacial score (nSPS) is 19.3. The maximum atomic E-state index is 13.4. The number of rotatable bonds is 5. The molecule has 196 valence electrons. The van der Waals surface area contributed by atoms with E-state index in [1.807, 2.05) is 36.5 Å². The minimum absolute atomic E-state index is 0.0142. The van der Waals surface area contributed by atoms with Gasteiger partial charge in [0.2, 0.25) is 5.88 Å². The lowest BCUT2D eigenvalue weighted by atomic mass is 9.70. The van der Waals surface area contributed by atoms with E-state index >= 15 is 0 Å². The number of hydrogen-bond donors (Lipinski definition) is 1.